The third-order valence-electron chi connectivity index (χ3n) is 3.82. The molecule has 1 aliphatic rings. The molecule has 3 rings (SSSR count). The normalized spacial score (nSPS) is 16.7. The molecular weight excluding hydrogens is 328 g/mol. The Labute approximate surface area is 139 Å². The lowest BCUT2D eigenvalue weighted by atomic mass is 9.83. The van der Waals surface area contributed by atoms with Crippen molar-refractivity contribution in [1.29, 1.82) is 0 Å². The molecule has 24 heavy (non-hydrogen) atoms. The van der Waals surface area contributed by atoms with Crippen LogP contribution in [0.5, 0.6) is 0 Å². The number of nitrogens with two attached hydrogens (primary N) is 2. The minimum atomic E-state index is -4.23. The van der Waals surface area contributed by atoms with E-state index in [-0.39, 0.29) is 5.70 Å². The van der Waals surface area contributed by atoms with E-state index in [2.05, 4.69) is 5.43 Å². The molecule has 8 heteroatoms. The maximum atomic E-state index is 11.9. The first-order valence-corrected chi connectivity index (χ1v) is 8.59. The Bertz CT molecular complexity index is 856. The number of hydrazine groups is 1. The van der Waals surface area contributed by atoms with Gasteiger partial charge in [-0.3, -0.25) is 4.79 Å². The molecule has 2 aromatic carbocycles. The van der Waals surface area contributed by atoms with Crippen LogP contribution < -0.4 is 16.3 Å². The van der Waals surface area contributed by atoms with Crippen LogP contribution in [-0.4, -0.2) is 18.7 Å². The predicted octanol–water partition coefficient (Wildman–Crippen LogP) is 0.323. The van der Waals surface area contributed by atoms with Gasteiger partial charge >= 0.3 is 10.2 Å². The molecule has 0 spiro atoms. The molecule has 0 aromatic heterocycles. The van der Waals surface area contributed by atoms with Gasteiger partial charge in [0.15, 0.2) is 0 Å². The summed E-state index contributed by atoms with van der Waals surface area (Å²) in [5, 5.41) is 5.23. The number of hydrogen-bond donors (Lipinski definition) is 3. The van der Waals surface area contributed by atoms with Crippen molar-refractivity contribution in [3.63, 3.8) is 0 Å². The number of benzene rings is 2. The number of nitrogens with one attached hydrogen (secondary N) is 1. The van der Waals surface area contributed by atoms with Gasteiger partial charge in [-0.15, -0.1) is 0 Å². The Morgan fingerprint density at radius 2 is 1.42 bits per heavy atom. The zero-order valence-corrected chi connectivity index (χ0v) is 13.4. The highest BCUT2D eigenvalue weighted by atomic mass is 32.2. The molecule has 0 radical (unpaired) electrons. The number of primary amides is 1. The summed E-state index contributed by atoms with van der Waals surface area (Å²) in [5.41, 5.74) is 8.35. The van der Waals surface area contributed by atoms with Crippen molar-refractivity contribution in [3.8, 4) is 0 Å². The summed E-state index contributed by atoms with van der Waals surface area (Å²) in [4.78, 5) is 11.8. The van der Waals surface area contributed by atoms with Gasteiger partial charge in [-0.2, -0.15) is 18.3 Å². The van der Waals surface area contributed by atoms with Crippen LogP contribution in [-0.2, 0) is 20.5 Å². The van der Waals surface area contributed by atoms with Crippen molar-refractivity contribution in [3.05, 3.63) is 83.6 Å². The molecule has 0 saturated heterocycles. The van der Waals surface area contributed by atoms with Crippen LogP contribution in [0.3, 0.4) is 0 Å². The first-order valence-electron chi connectivity index (χ1n) is 7.09. The molecular formula is C16H16N4O3S. The van der Waals surface area contributed by atoms with E-state index in [1.807, 2.05) is 60.7 Å². The van der Waals surface area contributed by atoms with Gasteiger partial charge in [-0.25, -0.2) is 5.14 Å². The standard InChI is InChI=1S/C16H16N4O3S/c17-15(21)14-11-16(12-7-3-1-4-8-12,13-9-5-2-6-10-13)19-20(14)24(18,22)23/h1-11,19H,(H2,17,21)(H2,18,22,23). The molecule has 124 valence electrons. The van der Waals surface area contributed by atoms with Gasteiger partial charge in [0, 0.05) is 0 Å². The molecule has 1 heterocycles. The lowest BCUT2D eigenvalue weighted by Gasteiger charge is -2.31. The van der Waals surface area contributed by atoms with Gasteiger partial charge in [0.2, 0.25) is 0 Å². The average molecular weight is 344 g/mol. The molecule has 0 atom stereocenters. The van der Waals surface area contributed by atoms with Crippen LogP contribution >= 0.6 is 0 Å². The predicted molar refractivity (Wildman–Crippen MR) is 89.0 cm³/mol. The summed E-state index contributed by atoms with van der Waals surface area (Å²) in [5.74, 6) is -0.898. The number of nitrogens with zero attached hydrogens (tertiary/aromatic N) is 1. The summed E-state index contributed by atoms with van der Waals surface area (Å²) in [6.07, 6.45) is 1.48. The molecule has 0 bridgehead atoms. The van der Waals surface area contributed by atoms with Crippen molar-refractivity contribution in [2.24, 2.45) is 10.9 Å². The van der Waals surface area contributed by atoms with Gasteiger partial charge < -0.3 is 5.73 Å². The van der Waals surface area contributed by atoms with E-state index in [0.29, 0.717) is 4.41 Å². The second-order valence-electron chi connectivity index (χ2n) is 5.36. The smallest absolute Gasteiger partial charge is 0.312 e. The zero-order chi connectivity index (χ0) is 17.4. The van der Waals surface area contributed by atoms with E-state index < -0.39 is 21.7 Å². The summed E-state index contributed by atoms with van der Waals surface area (Å²) in [6.45, 7) is 0. The molecule has 0 aliphatic carbocycles. The fourth-order valence-electron chi connectivity index (χ4n) is 2.75. The van der Waals surface area contributed by atoms with E-state index in [4.69, 9.17) is 10.9 Å². The van der Waals surface area contributed by atoms with E-state index in [9.17, 15) is 13.2 Å². The maximum Gasteiger partial charge on any atom is 0.312 e. The Hall–Kier alpha value is -2.68. The minimum absolute atomic E-state index is 0.231. The lowest BCUT2D eigenvalue weighted by Crippen LogP contribution is -2.51. The Morgan fingerprint density at radius 1 is 0.958 bits per heavy atom. The van der Waals surface area contributed by atoms with Gasteiger partial charge in [0.25, 0.3) is 5.91 Å². The highest BCUT2D eigenvalue weighted by Gasteiger charge is 2.45. The van der Waals surface area contributed by atoms with Crippen molar-refractivity contribution in [2.45, 2.75) is 5.54 Å². The highest BCUT2D eigenvalue weighted by Crippen LogP contribution is 2.37. The zero-order valence-electron chi connectivity index (χ0n) is 12.6. The van der Waals surface area contributed by atoms with E-state index in [0.717, 1.165) is 11.1 Å². The molecule has 1 amide bonds. The molecule has 7 nitrogen and oxygen atoms in total. The van der Waals surface area contributed by atoms with Crippen LogP contribution in [0.1, 0.15) is 11.1 Å². The Balaban J connectivity index is 2.27. The molecule has 0 saturated carbocycles. The van der Waals surface area contributed by atoms with Crippen LogP contribution in [0.15, 0.2) is 72.4 Å². The third kappa shape index (κ3) is 2.67. The molecule has 0 fully saturated rings. The molecule has 5 N–H and O–H groups in total. The third-order valence-corrected chi connectivity index (χ3v) is 4.61. The summed E-state index contributed by atoms with van der Waals surface area (Å²) >= 11 is 0. The number of amides is 1. The van der Waals surface area contributed by atoms with Crippen molar-refractivity contribution >= 4 is 16.1 Å². The number of carbonyl (C=O) groups excluding carboxylic acids is 1. The SMILES string of the molecule is NC(=O)C1=CC(c2ccccc2)(c2ccccc2)NN1S(N)(=O)=O. The van der Waals surface area contributed by atoms with Gasteiger partial charge in [-0.05, 0) is 17.2 Å². The molecule has 1 aliphatic heterocycles. The highest BCUT2D eigenvalue weighted by molar-refractivity contribution is 7.86. The first-order chi connectivity index (χ1) is 11.3. The van der Waals surface area contributed by atoms with E-state index >= 15 is 0 Å². The number of carbonyl (C=O) groups is 1. The van der Waals surface area contributed by atoms with Crippen LogP contribution in [0.25, 0.3) is 0 Å². The van der Waals surface area contributed by atoms with Gasteiger partial charge in [0.1, 0.15) is 11.2 Å². The lowest BCUT2D eigenvalue weighted by molar-refractivity contribution is -0.115. The number of hydrogen-bond acceptors (Lipinski definition) is 4. The molecule has 2 aromatic rings. The minimum Gasteiger partial charge on any atom is -0.364 e. The summed E-state index contributed by atoms with van der Waals surface area (Å²) in [7, 11) is -4.23. The monoisotopic (exact) mass is 344 g/mol. The van der Waals surface area contributed by atoms with Crippen LogP contribution in [0.4, 0.5) is 0 Å². The van der Waals surface area contributed by atoms with Gasteiger partial charge in [0.05, 0.1) is 0 Å². The topological polar surface area (TPSA) is 119 Å². The summed E-state index contributed by atoms with van der Waals surface area (Å²) < 4.78 is 24.4. The van der Waals surface area contributed by atoms with Gasteiger partial charge in [-0.1, -0.05) is 60.7 Å². The van der Waals surface area contributed by atoms with Crippen LogP contribution in [0.2, 0.25) is 0 Å². The van der Waals surface area contributed by atoms with Crippen molar-refractivity contribution in [2.75, 3.05) is 0 Å². The molecule has 0 unspecified atom stereocenters. The van der Waals surface area contributed by atoms with Crippen molar-refractivity contribution < 1.29 is 13.2 Å². The van der Waals surface area contributed by atoms with E-state index in [1.165, 1.54) is 6.08 Å². The number of rotatable bonds is 4. The second kappa shape index (κ2) is 5.75. The second-order valence-corrected chi connectivity index (χ2v) is 6.75. The largest absolute Gasteiger partial charge is 0.364 e. The fraction of sp³-hybridized carbons (Fsp3) is 0.0625. The van der Waals surface area contributed by atoms with E-state index in [1.54, 1.807) is 0 Å². The van der Waals surface area contributed by atoms with Crippen LogP contribution in [0, 0.1) is 0 Å². The Kier molecular flexibility index (Phi) is 3.88. The first kappa shape index (κ1) is 16.2. The fourth-order valence-corrected chi connectivity index (χ4v) is 3.44. The Morgan fingerprint density at radius 3 is 1.75 bits per heavy atom. The van der Waals surface area contributed by atoms with Crippen molar-refractivity contribution in [1.82, 2.24) is 9.84 Å². The maximum absolute atomic E-state index is 11.9. The summed E-state index contributed by atoms with van der Waals surface area (Å²) in [6, 6.07) is 18.2. The average Bonchev–Trinajstić information content (AvgIpc) is 2.99. The quantitative estimate of drug-likeness (QED) is 0.740.